The SMILES string of the molecule is CCNC(c1cccc(C)n1)c1cnccc1N. The maximum atomic E-state index is 6.02. The molecule has 0 bridgehead atoms. The molecular weight excluding hydrogens is 224 g/mol. The van der Waals surface area contributed by atoms with Crippen LogP contribution in [-0.4, -0.2) is 16.5 Å². The Balaban J connectivity index is 2.43. The van der Waals surface area contributed by atoms with Crippen LogP contribution in [0.2, 0.25) is 0 Å². The van der Waals surface area contributed by atoms with Gasteiger partial charge in [0.05, 0.1) is 11.7 Å². The predicted octanol–water partition coefficient (Wildman–Crippen LogP) is 2.07. The maximum absolute atomic E-state index is 6.02. The first-order valence-electron chi connectivity index (χ1n) is 6.08. The molecule has 0 saturated heterocycles. The summed E-state index contributed by atoms with van der Waals surface area (Å²) >= 11 is 0. The molecule has 94 valence electrons. The van der Waals surface area contributed by atoms with Crippen LogP contribution in [0.1, 0.15) is 29.9 Å². The molecule has 0 aliphatic carbocycles. The minimum absolute atomic E-state index is 0.0106. The second-order valence-electron chi connectivity index (χ2n) is 4.20. The zero-order valence-corrected chi connectivity index (χ0v) is 10.7. The molecule has 0 radical (unpaired) electrons. The summed E-state index contributed by atoms with van der Waals surface area (Å²) in [4.78, 5) is 8.71. The van der Waals surface area contributed by atoms with Gasteiger partial charge in [0.25, 0.3) is 0 Å². The number of aryl methyl sites for hydroxylation is 1. The lowest BCUT2D eigenvalue weighted by atomic mass is 10.0. The summed E-state index contributed by atoms with van der Waals surface area (Å²) in [5, 5.41) is 3.40. The number of pyridine rings is 2. The van der Waals surface area contributed by atoms with Crippen molar-refractivity contribution in [3.05, 3.63) is 53.6 Å². The summed E-state index contributed by atoms with van der Waals surface area (Å²) < 4.78 is 0. The molecule has 2 heterocycles. The number of nitrogens with one attached hydrogen (secondary N) is 1. The van der Waals surface area contributed by atoms with E-state index in [1.165, 1.54) is 0 Å². The number of nitrogens with two attached hydrogens (primary N) is 1. The van der Waals surface area contributed by atoms with Crippen molar-refractivity contribution in [2.24, 2.45) is 0 Å². The summed E-state index contributed by atoms with van der Waals surface area (Å²) in [7, 11) is 0. The molecule has 2 aromatic heterocycles. The molecule has 2 rings (SSSR count). The molecular formula is C14H18N4. The minimum atomic E-state index is -0.0106. The van der Waals surface area contributed by atoms with Crippen molar-refractivity contribution in [2.75, 3.05) is 12.3 Å². The van der Waals surface area contributed by atoms with Crippen molar-refractivity contribution in [1.29, 1.82) is 0 Å². The lowest BCUT2D eigenvalue weighted by molar-refractivity contribution is 0.613. The van der Waals surface area contributed by atoms with Crippen LogP contribution in [-0.2, 0) is 0 Å². The third kappa shape index (κ3) is 2.65. The van der Waals surface area contributed by atoms with Crippen molar-refractivity contribution >= 4 is 5.69 Å². The Morgan fingerprint density at radius 2 is 2.17 bits per heavy atom. The fraction of sp³-hybridized carbons (Fsp3) is 0.286. The van der Waals surface area contributed by atoms with Crippen molar-refractivity contribution in [3.63, 3.8) is 0 Å². The zero-order valence-electron chi connectivity index (χ0n) is 10.7. The van der Waals surface area contributed by atoms with Crippen LogP contribution in [0.4, 0.5) is 5.69 Å². The summed E-state index contributed by atoms with van der Waals surface area (Å²) in [6.07, 6.45) is 3.50. The van der Waals surface area contributed by atoms with E-state index in [4.69, 9.17) is 5.73 Å². The van der Waals surface area contributed by atoms with Crippen LogP contribution >= 0.6 is 0 Å². The molecule has 18 heavy (non-hydrogen) atoms. The number of rotatable bonds is 4. The van der Waals surface area contributed by atoms with Crippen LogP contribution in [0.3, 0.4) is 0 Å². The number of aromatic nitrogens is 2. The molecule has 4 heteroatoms. The molecule has 0 spiro atoms. The predicted molar refractivity (Wildman–Crippen MR) is 73.1 cm³/mol. The van der Waals surface area contributed by atoms with E-state index in [1.54, 1.807) is 12.4 Å². The Hall–Kier alpha value is -1.94. The van der Waals surface area contributed by atoms with Gasteiger partial charge in [0.2, 0.25) is 0 Å². The summed E-state index contributed by atoms with van der Waals surface area (Å²) in [5.74, 6) is 0. The largest absolute Gasteiger partial charge is 0.398 e. The molecule has 0 amide bonds. The summed E-state index contributed by atoms with van der Waals surface area (Å²) in [5.41, 5.74) is 9.69. The quantitative estimate of drug-likeness (QED) is 0.861. The molecule has 3 N–H and O–H groups in total. The fourth-order valence-electron chi connectivity index (χ4n) is 1.96. The monoisotopic (exact) mass is 242 g/mol. The second kappa shape index (κ2) is 5.60. The highest BCUT2D eigenvalue weighted by atomic mass is 14.9. The number of anilines is 1. The number of nitrogen functional groups attached to an aromatic ring is 1. The lowest BCUT2D eigenvalue weighted by Crippen LogP contribution is -2.24. The van der Waals surface area contributed by atoms with E-state index >= 15 is 0 Å². The Morgan fingerprint density at radius 1 is 1.33 bits per heavy atom. The van der Waals surface area contributed by atoms with Crippen molar-refractivity contribution < 1.29 is 0 Å². The molecule has 0 aliphatic heterocycles. The van der Waals surface area contributed by atoms with Crippen molar-refractivity contribution in [3.8, 4) is 0 Å². The Morgan fingerprint density at radius 3 is 2.83 bits per heavy atom. The average molecular weight is 242 g/mol. The molecule has 0 aromatic carbocycles. The first kappa shape index (κ1) is 12.5. The maximum Gasteiger partial charge on any atom is 0.0786 e. The standard InChI is InChI=1S/C14H18N4/c1-3-17-14(11-9-16-8-7-12(11)15)13-6-4-5-10(2)18-13/h4-9,14,17H,3H2,1-2H3,(H2,15,16). The minimum Gasteiger partial charge on any atom is -0.398 e. The highest BCUT2D eigenvalue weighted by Gasteiger charge is 2.17. The topological polar surface area (TPSA) is 63.8 Å². The van der Waals surface area contributed by atoms with Gasteiger partial charge in [0.1, 0.15) is 0 Å². The van der Waals surface area contributed by atoms with Crippen LogP contribution in [0.5, 0.6) is 0 Å². The molecule has 0 aliphatic rings. The first-order chi connectivity index (χ1) is 8.72. The van der Waals surface area contributed by atoms with Gasteiger partial charge in [0, 0.05) is 29.3 Å². The number of hydrogen-bond donors (Lipinski definition) is 2. The molecule has 2 aromatic rings. The van der Waals surface area contributed by atoms with E-state index in [0.29, 0.717) is 0 Å². The van der Waals surface area contributed by atoms with Gasteiger partial charge in [-0.2, -0.15) is 0 Å². The number of nitrogens with zero attached hydrogens (tertiary/aromatic N) is 2. The molecule has 0 fully saturated rings. The van der Waals surface area contributed by atoms with E-state index < -0.39 is 0 Å². The van der Waals surface area contributed by atoms with E-state index in [0.717, 1.165) is 29.2 Å². The normalized spacial score (nSPS) is 12.3. The van der Waals surface area contributed by atoms with Crippen LogP contribution in [0.15, 0.2) is 36.7 Å². The van der Waals surface area contributed by atoms with E-state index in [1.807, 2.05) is 31.2 Å². The molecule has 1 unspecified atom stereocenters. The third-order valence-electron chi connectivity index (χ3n) is 2.81. The van der Waals surface area contributed by atoms with Gasteiger partial charge >= 0.3 is 0 Å². The fourth-order valence-corrected chi connectivity index (χ4v) is 1.96. The van der Waals surface area contributed by atoms with Crippen LogP contribution < -0.4 is 11.1 Å². The zero-order chi connectivity index (χ0) is 13.0. The first-order valence-corrected chi connectivity index (χ1v) is 6.08. The Kier molecular flexibility index (Phi) is 3.89. The van der Waals surface area contributed by atoms with Gasteiger partial charge in [0.15, 0.2) is 0 Å². The van der Waals surface area contributed by atoms with Gasteiger partial charge in [-0.3, -0.25) is 9.97 Å². The summed E-state index contributed by atoms with van der Waals surface area (Å²) in [6.45, 7) is 4.89. The molecule has 0 saturated carbocycles. The highest BCUT2D eigenvalue weighted by Crippen LogP contribution is 2.24. The van der Waals surface area contributed by atoms with E-state index in [2.05, 4.69) is 22.2 Å². The third-order valence-corrected chi connectivity index (χ3v) is 2.81. The highest BCUT2D eigenvalue weighted by molar-refractivity contribution is 5.48. The Bertz CT molecular complexity index is 525. The van der Waals surface area contributed by atoms with Gasteiger partial charge < -0.3 is 11.1 Å². The number of hydrogen-bond acceptors (Lipinski definition) is 4. The van der Waals surface area contributed by atoms with Crippen LogP contribution in [0.25, 0.3) is 0 Å². The van der Waals surface area contributed by atoms with Gasteiger partial charge in [-0.25, -0.2) is 0 Å². The second-order valence-corrected chi connectivity index (χ2v) is 4.20. The van der Waals surface area contributed by atoms with Gasteiger partial charge in [-0.15, -0.1) is 0 Å². The molecule has 4 nitrogen and oxygen atoms in total. The van der Waals surface area contributed by atoms with Gasteiger partial charge in [-0.05, 0) is 31.7 Å². The van der Waals surface area contributed by atoms with E-state index in [-0.39, 0.29) is 6.04 Å². The van der Waals surface area contributed by atoms with Crippen LogP contribution in [0, 0.1) is 6.92 Å². The smallest absolute Gasteiger partial charge is 0.0786 e. The summed E-state index contributed by atoms with van der Waals surface area (Å²) in [6, 6.07) is 7.80. The molecule has 1 atom stereocenters. The average Bonchev–Trinajstić information content (AvgIpc) is 2.37. The van der Waals surface area contributed by atoms with Crippen molar-refractivity contribution in [1.82, 2.24) is 15.3 Å². The Labute approximate surface area is 107 Å². The van der Waals surface area contributed by atoms with E-state index in [9.17, 15) is 0 Å². The van der Waals surface area contributed by atoms with Crippen molar-refractivity contribution in [2.45, 2.75) is 19.9 Å². The van der Waals surface area contributed by atoms with Gasteiger partial charge in [-0.1, -0.05) is 13.0 Å². The lowest BCUT2D eigenvalue weighted by Gasteiger charge is -2.19.